The van der Waals surface area contributed by atoms with Gasteiger partial charge in [0.1, 0.15) is 0 Å². The van der Waals surface area contributed by atoms with E-state index >= 15 is 0 Å². The predicted molar refractivity (Wildman–Crippen MR) is 68.4 cm³/mol. The molecule has 1 aliphatic heterocycles. The standard InChI is InChI=1S/C13H14N4O2/c14-7-10-1-3-11(4-2-10)16-13(19)9-17-6-5-15-12(18)8-17/h1-4H,5-6,8-9H2,(H,15,18)(H,16,19)/p+1. The number of benzene rings is 1. The lowest BCUT2D eigenvalue weighted by atomic mass is 10.2. The molecule has 3 N–H and O–H groups in total. The number of carbonyl (C=O) groups is 2. The van der Waals surface area contributed by atoms with E-state index in [4.69, 9.17) is 5.26 Å². The van der Waals surface area contributed by atoms with Gasteiger partial charge in [0, 0.05) is 5.69 Å². The lowest BCUT2D eigenvalue weighted by Gasteiger charge is -2.22. The fourth-order valence-corrected chi connectivity index (χ4v) is 1.97. The summed E-state index contributed by atoms with van der Waals surface area (Å²) in [4.78, 5) is 24.0. The second kappa shape index (κ2) is 5.98. The van der Waals surface area contributed by atoms with Gasteiger partial charge in [-0.3, -0.25) is 9.59 Å². The Morgan fingerprint density at radius 1 is 1.42 bits per heavy atom. The monoisotopic (exact) mass is 259 g/mol. The van der Waals surface area contributed by atoms with Gasteiger partial charge >= 0.3 is 0 Å². The van der Waals surface area contributed by atoms with Crippen LogP contribution in [0.4, 0.5) is 5.69 Å². The zero-order valence-corrected chi connectivity index (χ0v) is 10.4. The number of anilines is 1. The van der Waals surface area contributed by atoms with E-state index in [2.05, 4.69) is 10.6 Å². The molecule has 0 bridgehead atoms. The van der Waals surface area contributed by atoms with Gasteiger partial charge in [-0.1, -0.05) is 0 Å². The van der Waals surface area contributed by atoms with Gasteiger partial charge in [-0.05, 0) is 24.3 Å². The van der Waals surface area contributed by atoms with E-state index in [-0.39, 0.29) is 18.4 Å². The summed E-state index contributed by atoms with van der Waals surface area (Å²) >= 11 is 0. The number of rotatable bonds is 3. The van der Waals surface area contributed by atoms with E-state index < -0.39 is 0 Å². The molecule has 2 amide bonds. The Kier molecular flexibility index (Phi) is 4.11. The van der Waals surface area contributed by atoms with E-state index in [1.54, 1.807) is 24.3 Å². The fourth-order valence-electron chi connectivity index (χ4n) is 1.97. The Bertz CT molecular complexity index is 518. The van der Waals surface area contributed by atoms with Crippen molar-refractivity contribution in [1.29, 1.82) is 5.26 Å². The summed E-state index contributed by atoms with van der Waals surface area (Å²) < 4.78 is 0. The van der Waals surface area contributed by atoms with Crippen molar-refractivity contribution < 1.29 is 14.5 Å². The maximum Gasteiger partial charge on any atom is 0.279 e. The molecule has 19 heavy (non-hydrogen) atoms. The molecule has 1 unspecified atom stereocenters. The van der Waals surface area contributed by atoms with Crippen LogP contribution in [0, 0.1) is 11.3 Å². The molecule has 0 aliphatic carbocycles. The second-order valence-electron chi connectivity index (χ2n) is 4.44. The molecule has 6 nitrogen and oxygen atoms in total. The van der Waals surface area contributed by atoms with Crippen molar-refractivity contribution in [3.05, 3.63) is 29.8 Å². The molecule has 0 saturated carbocycles. The molecule has 1 aliphatic rings. The smallest absolute Gasteiger partial charge is 0.279 e. The number of carbonyl (C=O) groups excluding carboxylic acids is 2. The van der Waals surface area contributed by atoms with Gasteiger partial charge in [0.25, 0.3) is 11.8 Å². The van der Waals surface area contributed by atoms with Gasteiger partial charge in [0.2, 0.25) is 0 Å². The van der Waals surface area contributed by atoms with Gasteiger partial charge in [-0.15, -0.1) is 0 Å². The van der Waals surface area contributed by atoms with E-state index in [9.17, 15) is 9.59 Å². The highest BCUT2D eigenvalue weighted by Gasteiger charge is 2.21. The van der Waals surface area contributed by atoms with Crippen molar-refractivity contribution in [1.82, 2.24) is 5.32 Å². The summed E-state index contributed by atoms with van der Waals surface area (Å²) in [6.45, 7) is 1.97. The summed E-state index contributed by atoms with van der Waals surface area (Å²) in [5.41, 5.74) is 1.21. The molecule has 1 aromatic carbocycles. The zero-order valence-electron chi connectivity index (χ0n) is 10.4. The van der Waals surface area contributed by atoms with Gasteiger partial charge in [0.15, 0.2) is 13.1 Å². The molecule has 2 rings (SSSR count). The lowest BCUT2D eigenvalue weighted by molar-refractivity contribution is -0.885. The predicted octanol–water partition coefficient (Wildman–Crippen LogP) is -1.49. The second-order valence-corrected chi connectivity index (χ2v) is 4.44. The largest absolute Gasteiger partial charge is 0.346 e. The van der Waals surface area contributed by atoms with Crippen molar-refractivity contribution in [2.45, 2.75) is 0 Å². The number of hydrogen-bond donors (Lipinski definition) is 3. The number of piperazine rings is 1. The minimum atomic E-state index is -0.130. The first-order chi connectivity index (χ1) is 9.17. The highest BCUT2D eigenvalue weighted by Crippen LogP contribution is 2.07. The SMILES string of the molecule is N#Cc1ccc(NC(=O)C[NH+]2CCNC(=O)C2)cc1. The van der Waals surface area contributed by atoms with E-state index in [0.29, 0.717) is 24.3 Å². The third kappa shape index (κ3) is 3.79. The first kappa shape index (κ1) is 13.1. The summed E-state index contributed by atoms with van der Waals surface area (Å²) in [5, 5.41) is 14.2. The quantitative estimate of drug-likeness (QED) is 0.618. The topological polar surface area (TPSA) is 86.4 Å². The minimum Gasteiger partial charge on any atom is -0.346 e. The maximum atomic E-state index is 11.8. The van der Waals surface area contributed by atoms with Crippen molar-refractivity contribution in [2.24, 2.45) is 0 Å². The molecule has 98 valence electrons. The molecular weight excluding hydrogens is 244 g/mol. The van der Waals surface area contributed by atoms with Crippen LogP contribution in [-0.2, 0) is 9.59 Å². The van der Waals surface area contributed by atoms with E-state index in [0.717, 1.165) is 11.4 Å². The van der Waals surface area contributed by atoms with Crippen LogP contribution in [0.25, 0.3) is 0 Å². The van der Waals surface area contributed by atoms with Crippen molar-refractivity contribution in [3.8, 4) is 6.07 Å². The molecular formula is C13H15N4O2+. The Morgan fingerprint density at radius 2 is 2.16 bits per heavy atom. The summed E-state index contributed by atoms with van der Waals surface area (Å²) in [6.07, 6.45) is 0. The highest BCUT2D eigenvalue weighted by atomic mass is 16.2. The van der Waals surface area contributed by atoms with Gasteiger partial charge < -0.3 is 15.5 Å². The first-order valence-electron chi connectivity index (χ1n) is 6.07. The Morgan fingerprint density at radius 3 is 2.79 bits per heavy atom. The molecule has 0 spiro atoms. The van der Waals surface area contributed by atoms with Crippen molar-refractivity contribution in [3.63, 3.8) is 0 Å². The number of amides is 2. The average Bonchev–Trinajstić information content (AvgIpc) is 2.39. The van der Waals surface area contributed by atoms with Crippen molar-refractivity contribution in [2.75, 3.05) is 31.5 Å². The Hall–Kier alpha value is -2.39. The van der Waals surface area contributed by atoms with Crippen LogP contribution in [0.1, 0.15) is 5.56 Å². The molecule has 1 aromatic rings. The summed E-state index contributed by atoms with van der Waals surface area (Å²) in [6, 6.07) is 8.69. The van der Waals surface area contributed by atoms with Gasteiger partial charge in [-0.25, -0.2) is 0 Å². The normalized spacial score (nSPS) is 18.3. The van der Waals surface area contributed by atoms with Crippen LogP contribution in [-0.4, -0.2) is 38.0 Å². The molecule has 6 heteroatoms. The lowest BCUT2D eigenvalue weighted by Crippen LogP contribution is -3.16. The number of quaternary nitrogens is 1. The molecule has 1 saturated heterocycles. The zero-order chi connectivity index (χ0) is 13.7. The molecule has 1 atom stereocenters. The van der Waals surface area contributed by atoms with Crippen LogP contribution in [0.5, 0.6) is 0 Å². The van der Waals surface area contributed by atoms with Gasteiger partial charge in [-0.2, -0.15) is 5.26 Å². The van der Waals surface area contributed by atoms with E-state index in [1.165, 1.54) is 0 Å². The molecule has 1 heterocycles. The number of nitrogens with one attached hydrogen (secondary N) is 3. The number of nitriles is 1. The Labute approximate surface area is 111 Å². The number of hydrogen-bond acceptors (Lipinski definition) is 3. The van der Waals surface area contributed by atoms with E-state index in [1.807, 2.05) is 6.07 Å². The third-order valence-corrected chi connectivity index (χ3v) is 2.92. The van der Waals surface area contributed by atoms with Crippen LogP contribution in [0.2, 0.25) is 0 Å². The average molecular weight is 259 g/mol. The first-order valence-corrected chi connectivity index (χ1v) is 6.07. The number of nitrogens with zero attached hydrogens (tertiary/aromatic N) is 1. The maximum absolute atomic E-state index is 11.8. The van der Waals surface area contributed by atoms with Crippen LogP contribution in [0.3, 0.4) is 0 Å². The van der Waals surface area contributed by atoms with Crippen LogP contribution < -0.4 is 15.5 Å². The third-order valence-electron chi connectivity index (χ3n) is 2.92. The van der Waals surface area contributed by atoms with Crippen LogP contribution in [0.15, 0.2) is 24.3 Å². The van der Waals surface area contributed by atoms with Crippen molar-refractivity contribution >= 4 is 17.5 Å². The summed E-state index contributed by atoms with van der Waals surface area (Å²) in [7, 11) is 0. The Balaban J connectivity index is 1.86. The van der Waals surface area contributed by atoms with Crippen LogP contribution >= 0.6 is 0 Å². The van der Waals surface area contributed by atoms with Gasteiger partial charge in [0.05, 0.1) is 24.7 Å². The fraction of sp³-hybridized carbons (Fsp3) is 0.308. The highest BCUT2D eigenvalue weighted by molar-refractivity contribution is 5.91. The molecule has 0 aromatic heterocycles. The molecule has 0 radical (unpaired) electrons. The molecule has 1 fully saturated rings. The summed E-state index contributed by atoms with van der Waals surface area (Å²) in [5.74, 6) is -0.151. The minimum absolute atomic E-state index is 0.0209.